The van der Waals surface area contributed by atoms with E-state index in [-0.39, 0.29) is 12.0 Å². The summed E-state index contributed by atoms with van der Waals surface area (Å²) in [6, 6.07) is 7.41. The number of aromatic nitrogens is 4. The van der Waals surface area contributed by atoms with Crippen molar-refractivity contribution >= 4 is 22.9 Å². The predicted octanol–water partition coefficient (Wildman–Crippen LogP) is 3.58. The first-order valence-electron chi connectivity index (χ1n) is 13.2. The molecule has 0 radical (unpaired) electrons. The van der Waals surface area contributed by atoms with E-state index in [1.54, 1.807) is 12.4 Å². The predicted molar refractivity (Wildman–Crippen MR) is 140 cm³/mol. The van der Waals surface area contributed by atoms with E-state index in [9.17, 15) is 4.79 Å². The van der Waals surface area contributed by atoms with Crippen molar-refractivity contribution in [2.75, 3.05) is 38.5 Å². The van der Waals surface area contributed by atoms with Gasteiger partial charge in [-0.3, -0.25) is 14.3 Å². The van der Waals surface area contributed by atoms with Gasteiger partial charge in [-0.15, -0.1) is 0 Å². The Morgan fingerprint density at radius 1 is 1.08 bits per heavy atom. The molecule has 1 aromatic carbocycles. The van der Waals surface area contributed by atoms with Gasteiger partial charge in [0.05, 0.1) is 17.6 Å². The summed E-state index contributed by atoms with van der Waals surface area (Å²) in [5, 5.41) is 0. The number of nitrogens with zero attached hydrogens (tertiary/aromatic N) is 6. The Morgan fingerprint density at radius 2 is 1.81 bits per heavy atom. The van der Waals surface area contributed by atoms with Crippen LogP contribution in [-0.4, -0.2) is 68.0 Å². The van der Waals surface area contributed by atoms with Gasteiger partial charge in [-0.05, 0) is 69.8 Å². The van der Waals surface area contributed by atoms with Crippen molar-refractivity contribution in [3.05, 3.63) is 41.7 Å². The highest BCUT2D eigenvalue weighted by atomic mass is 16.5. The average molecular weight is 492 g/mol. The SMILES string of the molecule is CCCOc1nc2cc(C)ccc2n1C1CCN(C(=O)C2CCN(Cc3cnc(N)nc3)CC2)CC1. The van der Waals surface area contributed by atoms with Crippen LogP contribution in [0.1, 0.15) is 56.2 Å². The van der Waals surface area contributed by atoms with Gasteiger partial charge in [0.2, 0.25) is 11.9 Å². The number of carbonyl (C=O) groups is 1. The molecular formula is C27H37N7O2. The molecule has 4 heterocycles. The van der Waals surface area contributed by atoms with Crippen LogP contribution in [-0.2, 0) is 11.3 Å². The van der Waals surface area contributed by atoms with Gasteiger partial charge < -0.3 is 15.4 Å². The first-order valence-corrected chi connectivity index (χ1v) is 13.2. The fraction of sp³-hybridized carbons (Fsp3) is 0.556. The van der Waals surface area contributed by atoms with Gasteiger partial charge in [-0.1, -0.05) is 13.0 Å². The fourth-order valence-electron chi connectivity index (χ4n) is 5.48. The van der Waals surface area contributed by atoms with Crippen LogP contribution in [0.15, 0.2) is 30.6 Å². The lowest BCUT2D eigenvalue weighted by Crippen LogP contribution is -2.45. The normalized spacial score (nSPS) is 18.1. The van der Waals surface area contributed by atoms with Crippen molar-refractivity contribution in [3.8, 4) is 6.01 Å². The smallest absolute Gasteiger partial charge is 0.297 e. The summed E-state index contributed by atoms with van der Waals surface area (Å²) >= 11 is 0. The molecule has 192 valence electrons. The number of amides is 1. The topological polar surface area (TPSA) is 102 Å². The number of rotatable bonds is 7. The van der Waals surface area contributed by atoms with Gasteiger partial charge in [0.1, 0.15) is 0 Å². The number of anilines is 1. The van der Waals surface area contributed by atoms with Crippen LogP contribution < -0.4 is 10.5 Å². The standard InChI is InChI=1S/C27H37N7O2/c1-3-14-36-27-31-23-15-19(2)4-5-24(23)34(27)22-8-12-33(13-9-22)25(35)21-6-10-32(11-7-21)18-20-16-29-26(28)30-17-20/h4-5,15-17,21-22H,3,6-14,18H2,1-2H3,(H2,28,29,30). The van der Waals surface area contributed by atoms with Gasteiger partial charge in [0.15, 0.2) is 0 Å². The highest BCUT2D eigenvalue weighted by Gasteiger charge is 2.32. The van der Waals surface area contributed by atoms with E-state index in [2.05, 4.69) is 56.4 Å². The molecule has 0 atom stereocenters. The first-order chi connectivity index (χ1) is 17.5. The third-order valence-corrected chi connectivity index (χ3v) is 7.46. The molecule has 0 unspecified atom stereocenters. The zero-order valence-corrected chi connectivity index (χ0v) is 21.4. The minimum absolute atomic E-state index is 0.112. The second kappa shape index (κ2) is 10.8. The number of fused-ring (bicyclic) bond motifs is 1. The third kappa shape index (κ3) is 5.31. The molecule has 9 nitrogen and oxygen atoms in total. The van der Waals surface area contributed by atoms with Gasteiger partial charge in [-0.25, -0.2) is 9.97 Å². The van der Waals surface area contributed by atoms with Crippen molar-refractivity contribution in [1.82, 2.24) is 29.3 Å². The maximum Gasteiger partial charge on any atom is 0.297 e. The Bertz CT molecular complexity index is 1180. The number of hydrogen-bond donors (Lipinski definition) is 1. The Morgan fingerprint density at radius 3 is 2.50 bits per heavy atom. The van der Waals surface area contributed by atoms with E-state index >= 15 is 0 Å². The van der Waals surface area contributed by atoms with Crippen molar-refractivity contribution < 1.29 is 9.53 Å². The molecule has 9 heteroatoms. The van der Waals surface area contributed by atoms with Crippen LogP contribution in [0.3, 0.4) is 0 Å². The van der Waals surface area contributed by atoms with Crippen LogP contribution in [0.4, 0.5) is 5.95 Å². The number of imidazole rings is 1. The molecule has 2 fully saturated rings. The molecule has 0 saturated carbocycles. The molecule has 0 spiro atoms. The number of nitrogen functional groups attached to an aromatic ring is 1. The molecule has 36 heavy (non-hydrogen) atoms. The summed E-state index contributed by atoms with van der Waals surface area (Å²) in [5.41, 5.74) is 9.94. The van der Waals surface area contributed by atoms with Crippen LogP contribution in [0.2, 0.25) is 0 Å². The van der Waals surface area contributed by atoms with Crippen LogP contribution in [0.25, 0.3) is 11.0 Å². The maximum absolute atomic E-state index is 13.3. The summed E-state index contributed by atoms with van der Waals surface area (Å²) < 4.78 is 8.31. The summed E-state index contributed by atoms with van der Waals surface area (Å²) in [6.45, 7) is 9.04. The zero-order valence-electron chi connectivity index (χ0n) is 21.4. The number of aryl methyl sites for hydroxylation is 1. The molecule has 2 N–H and O–H groups in total. The first kappa shape index (κ1) is 24.5. The van der Waals surface area contributed by atoms with Crippen LogP contribution in [0.5, 0.6) is 6.01 Å². The molecule has 5 rings (SSSR count). The highest BCUT2D eigenvalue weighted by molar-refractivity contribution is 5.79. The number of likely N-dealkylation sites (tertiary alicyclic amines) is 2. The Hall–Kier alpha value is -3.20. The molecule has 2 aliphatic heterocycles. The average Bonchev–Trinajstić information content (AvgIpc) is 3.26. The minimum Gasteiger partial charge on any atom is -0.465 e. The monoisotopic (exact) mass is 491 g/mol. The third-order valence-electron chi connectivity index (χ3n) is 7.46. The van der Waals surface area contributed by atoms with Gasteiger partial charge >= 0.3 is 0 Å². The maximum atomic E-state index is 13.3. The second-order valence-corrected chi connectivity index (χ2v) is 10.2. The second-order valence-electron chi connectivity index (χ2n) is 10.2. The largest absolute Gasteiger partial charge is 0.465 e. The number of hydrogen-bond acceptors (Lipinski definition) is 7. The fourth-order valence-corrected chi connectivity index (χ4v) is 5.48. The number of nitrogens with two attached hydrogens (primary N) is 1. The Labute approximate surface area is 212 Å². The number of carbonyl (C=O) groups excluding carboxylic acids is 1. The Kier molecular flexibility index (Phi) is 7.36. The summed E-state index contributed by atoms with van der Waals surface area (Å²) in [4.78, 5) is 30.7. The van der Waals surface area contributed by atoms with Crippen molar-refractivity contribution in [1.29, 1.82) is 0 Å². The lowest BCUT2D eigenvalue weighted by atomic mass is 9.93. The number of benzene rings is 1. The zero-order chi connectivity index (χ0) is 25.1. The van der Waals surface area contributed by atoms with E-state index in [0.29, 0.717) is 24.5 Å². The van der Waals surface area contributed by atoms with E-state index in [0.717, 1.165) is 81.4 Å². The van der Waals surface area contributed by atoms with Gasteiger partial charge in [0, 0.05) is 49.6 Å². The summed E-state index contributed by atoms with van der Waals surface area (Å²) in [6.07, 6.45) is 8.15. The van der Waals surface area contributed by atoms with Crippen LogP contribution >= 0.6 is 0 Å². The van der Waals surface area contributed by atoms with Crippen LogP contribution in [0, 0.1) is 12.8 Å². The van der Waals surface area contributed by atoms with E-state index < -0.39 is 0 Å². The van der Waals surface area contributed by atoms with Crippen molar-refractivity contribution in [3.63, 3.8) is 0 Å². The van der Waals surface area contributed by atoms with E-state index in [1.165, 1.54) is 5.56 Å². The van der Waals surface area contributed by atoms with Gasteiger partial charge in [-0.2, -0.15) is 4.98 Å². The quantitative estimate of drug-likeness (QED) is 0.539. The molecule has 1 amide bonds. The summed E-state index contributed by atoms with van der Waals surface area (Å²) in [7, 11) is 0. The Balaban J connectivity index is 1.17. The van der Waals surface area contributed by atoms with Gasteiger partial charge in [0.25, 0.3) is 6.01 Å². The number of piperidine rings is 2. The molecule has 2 aromatic heterocycles. The minimum atomic E-state index is 0.112. The highest BCUT2D eigenvalue weighted by Crippen LogP contribution is 2.33. The van der Waals surface area contributed by atoms with E-state index in [1.807, 2.05) is 0 Å². The molecule has 2 aliphatic rings. The molecule has 3 aromatic rings. The van der Waals surface area contributed by atoms with E-state index in [4.69, 9.17) is 15.5 Å². The molecule has 0 bridgehead atoms. The van der Waals surface area contributed by atoms with Crippen molar-refractivity contribution in [2.45, 2.75) is 58.5 Å². The molecular weight excluding hydrogens is 454 g/mol. The summed E-state index contributed by atoms with van der Waals surface area (Å²) in [5.74, 6) is 0.728. The lowest BCUT2D eigenvalue weighted by molar-refractivity contribution is -0.138. The molecule has 2 saturated heterocycles. The van der Waals surface area contributed by atoms with Crippen molar-refractivity contribution in [2.24, 2.45) is 5.92 Å². The number of ether oxygens (including phenoxy) is 1. The lowest BCUT2D eigenvalue weighted by Gasteiger charge is -2.37. The molecule has 0 aliphatic carbocycles.